The van der Waals surface area contributed by atoms with Crippen LogP contribution in [0.25, 0.3) is 0 Å². The number of benzene rings is 1. The van der Waals surface area contributed by atoms with Gasteiger partial charge in [-0.3, -0.25) is 0 Å². The molecule has 1 aliphatic rings. The summed E-state index contributed by atoms with van der Waals surface area (Å²) in [7, 11) is 2.15. The van der Waals surface area contributed by atoms with Gasteiger partial charge in [-0.25, -0.2) is 4.39 Å². The van der Waals surface area contributed by atoms with Crippen molar-refractivity contribution in [1.82, 2.24) is 4.90 Å². The van der Waals surface area contributed by atoms with E-state index in [1.807, 2.05) is 6.07 Å². The number of piperidine rings is 1. The Balaban J connectivity index is 2.14. The van der Waals surface area contributed by atoms with E-state index in [1.165, 1.54) is 6.07 Å². The SMILES string of the molecule is CC1CN(C)C(C)CC1Nc1c(F)cccc1Br. The topological polar surface area (TPSA) is 15.3 Å². The predicted molar refractivity (Wildman–Crippen MR) is 77.4 cm³/mol. The summed E-state index contributed by atoms with van der Waals surface area (Å²) >= 11 is 3.41. The molecule has 1 N–H and O–H groups in total. The van der Waals surface area contributed by atoms with Gasteiger partial charge >= 0.3 is 0 Å². The average molecular weight is 315 g/mol. The number of halogens is 2. The van der Waals surface area contributed by atoms with Gasteiger partial charge in [0.2, 0.25) is 0 Å². The maximum absolute atomic E-state index is 13.8. The van der Waals surface area contributed by atoms with Crippen molar-refractivity contribution in [3.8, 4) is 0 Å². The van der Waals surface area contributed by atoms with Crippen LogP contribution in [0.3, 0.4) is 0 Å². The second-order valence-corrected chi connectivity index (χ2v) is 6.20. The lowest BCUT2D eigenvalue weighted by atomic mass is 9.89. The van der Waals surface area contributed by atoms with Crippen molar-refractivity contribution in [2.24, 2.45) is 5.92 Å². The summed E-state index contributed by atoms with van der Waals surface area (Å²) in [5.41, 5.74) is 0.589. The van der Waals surface area contributed by atoms with Crippen molar-refractivity contribution in [2.45, 2.75) is 32.4 Å². The molecule has 2 rings (SSSR count). The van der Waals surface area contributed by atoms with Crippen LogP contribution >= 0.6 is 15.9 Å². The Hall–Kier alpha value is -0.610. The maximum atomic E-state index is 13.8. The third-order valence-electron chi connectivity index (χ3n) is 3.90. The van der Waals surface area contributed by atoms with E-state index < -0.39 is 0 Å². The van der Waals surface area contributed by atoms with Gasteiger partial charge in [-0.2, -0.15) is 0 Å². The summed E-state index contributed by atoms with van der Waals surface area (Å²) in [6.45, 7) is 5.48. The van der Waals surface area contributed by atoms with Gasteiger partial charge in [0.1, 0.15) is 5.82 Å². The molecule has 1 aromatic rings. The van der Waals surface area contributed by atoms with Crippen LogP contribution < -0.4 is 5.32 Å². The summed E-state index contributed by atoms with van der Waals surface area (Å²) in [5.74, 6) is 0.320. The summed E-state index contributed by atoms with van der Waals surface area (Å²) < 4.78 is 14.6. The zero-order valence-corrected chi connectivity index (χ0v) is 12.7. The van der Waals surface area contributed by atoms with Gasteiger partial charge in [-0.15, -0.1) is 0 Å². The highest BCUT2D eigenvalue weighted by molar-refractivity contribution is 9.10. The Labute approximate surface area is 117 Å². The van der Waals surface area contributed by atoms with Gasteiger partial charge in [0.25, 0.3) is 0 Å². The van der Waals surface area contributed by atoms with Crippen molar-refractivity contribution < 1.29 is 4.39 Å². The minimum Gasteiger partial charge on any atom is -0.379 e. The van der Waals surface area contributed by atoms with E-state index in [1.54, 1.807) is 6.07 Å². The van der Waals surface area contributed by atoms with Gasteiger partial charge in [0.15, 0.2) is 0 Å². The van der Waals surface area contributed by atoms with Crippen LogP contribution in [0, 0.1) is 11.7 Å². The number of anilines is 1. The molecule has 2 nitrogen and oxygen atoms in total. The number of nitrogens with one attached hydrogen (secondary N) is 1. The van der Waals surface area contributed by atoms with Gasteiger partial charge in [-0.1, -0.05) is 13.0 Å². The Kier molecular flexibility index (Phi) is 4.28. The molecule has 3 atom stereocenters. The summed E-state index contributed by atoms with van der Waals surface area (Å²) in [6, 6.07) is 5.93. The van der Waals surface area contributed by atoms with E-state index in [0.717, 1.165) is 17.4 Å². The second kappa shape index (κ2) is 5.57. The number of likely N-dealkylation sites (tertiary alicyclic amines) is 1. The number of para-hydroxylation sites is 1. The smallest absolute Gasteiger partial charge is 0.147 e. The van der Waals surface area contributed by atoms with Crippen molar-refractivity contribution in [3.05, 3.63) is 28.5 Å². The van der Waals surface area contributed by atoms with Crippen LogP contribution in [-0.4, -0.2) is 30.6 Å². The highest BCUT2D eigenvalue weighted by Crippen LogP contribution is 2.30. The molecule has 1 aliphatic heterocycles. The maximum Gasteiger partial charge on any atom is 0.147 e. The van der Waals surface area contributed by atoms with Gasteiger partial charge in [0, 0.05) is 23.1 Å². The molecule has 3 unspecified atom stereocenters. The van der Waals surface area contributed by atoms with Crippen molar-refractivity contribution in [2.75, 3.05) is 18.9 Å². The Morgan fingerprint density at radius 1 is 1.39 bits per heavy atom. The molecule has 0 spiro atoms. The molecule has 0 amide bonds. The lowest BCUT2D eigenvalue weighted by molar-refractivity contribution is 0.145. The molecule has 100 valence electrons. The van der Waals surface area contributed by atoms with Gasteiger partial charge in [-0.05, 0) is 54.4 Å². The average Bonchev–Trinajstić information content (AvgIpc) is 2.30. The molecule has 0 aromatic heterocycles. The monoisotopic (exact) mass is 314 g/mol. The Morgan fingerprint density at radius 2 is 2.11 bits per heavy atom. The normalized spacial score (nSPS) is 29.3. The fraction of sp³-hybridized carbons (Fsp3) is 0.571. The first-order valence-corrected chi connectivity index (χ1v) is 7.19. The van der Waals surface area contributed by atoms with Crippen LogP contribution in [0.5, 0.6) is 0 Å². The van der Waals surface area contributed by atoms with Crippen molar-refractivity contribution >= 4 is 21.6 Å². The first-order chi connectivity index (χ1) is 8.49. The molecule has 0 bridgehead atoms. The van der Waals surface area contributed by atoms with Crippen LogP contribution in [0.1, 0.15) is 20.3 Å². The number of nitrogens with zero attached hydrogens (tertiary/aromatic N) is 1. The minimum absolute atomic E-state index is 0.192. The molecule has 18 heavy (non-hydrogen) atoms. The van der Waals surface area contributed by atoms with E-state index in [9.17, 15) is 4.39 Å². The summed E-state index contributed by atoms with van der Waals surface area (Å²) in [4.78, 5) is 2.36. The Bertz CT molecular complexity index is 404. The molecular formula is C14H20BrFN2. The predicted octanol–water partition coefficient (Wildman–Crippen LogP) is 3.73. The summed E-state index contributed by atoms with van der Waals surface area (Å²) in [6.07, 6.45) is 1.04. The standard InChI is InChI=1S/C14H20BrFN2/c1-9-8-18(3)10(2)7-13(9)17-14-11(15)5-4-6-12(14)16/h4-6,9-10,13,17H,7-8H2,1-3H3. The fourth-order valence-electron chi connectivity index (χ4n) is 2.56. The fourth-order valence-corrected chi connectivity index (χ4v) is 3.02. The zero-order chi connectivity index (χ0) is 13.3. The molecule has 1 heterocycles. The third kappa shape index (κ3) is 2.86. The van der Waals surface area contributed by atoms with Crippen molar-refractivity contribution in [3.63, 3.8) is 0 Å². The first-order valence-electron chi connectivity index (χ1n) is 6.40. The van der Waals surface area contributed by atoms with Gasteiger partial charge in [0.05, 0.1) is 5.69 Å². The van der Waals surface area contributed by atoms with Crippen molar-refractivity contribution in [1.29, 1.82) is 0 Å². The second-order valence-electron chi connectivity index (χ2n) is 5.35. The van der Waals surface area contributed by atoms with E-state index in [2.05, 4.69) is 47.0 Å². The lowest BCUT2D eigenvalue weighted by Crippen LogP contribution is -2.48. The quantitative estimate of drug-likeness (QED) is 0.894. The number of rotatable bonds is 2. The molecule has 0 aliphatic carbocycles. The van der Waals surface area contributed by atoms with E-state index in [0.29, 0.717) is 23.7 Å². The molecule has 0 radical (unpaired) electrons. The third-order valence-corrected chi connectivity index (χ3v) is 4.56. The molecular weight excluding hydrogens is 295 g/mol. The molecule has 1 aromatic carbocycles. The molecule has 0 saturated carbocycles. The van der Waals surface area contributed by atoms with Gasteiger partial charge < -0.3 is 10.2 Å². The van der Waals surface area contributed by atoms with Crippen LogP contribution in [0.2, 0.25) is 0 Å². The number of hydrogen-bond acceptors (Lipinski definition) is 2. The highest BCUT2D eigenvalue weighted by atomic mass is 79.9. The molecule has 1 saturated heterocycles. The Morgan fingerprint density at radius 3 is 2.78 bits per heavy atom. The largest absolute Gasteiger partial charge is 0.379 e. The van der Waals surface area contributed by atoms with E-state index in [4.69, 9.17) is 0 Å². The number of hydrogen-bond donors (Lipinski definition) is 1. The van der Waals surface area contributed by atoms with E-state index >= 15 is 0 Å². The highest BCUT2D eigenvalue weighted by Gasteiger charge is 2.29. The molecule has 4 heteroatoms. The lowest BCUT2D eigenvalue weighted by Gasteiger charge is -2.40. The van der Waals surface area contributed by atoms with Crippen LogP contribution in [0.15, 0.2) is 22.7 Å². The van der Waals surface area contributed by atoms with Crippen LogP contribution in [0.4, 0.5) is 10.1 Å². The van der Waals surface area contributed by atoms with E-state index in [-0.39, 0.29) is 5.82 Å². The van der Waals surface area contributed by atoms with Crippen LogP contribution in [-0.2, 0) is 0 Å². The minimum atomic E-state index is -0.192. The first kappa shape index (κ1) is 13.8. The summed E-state index contributed by atoms with van der Waals surface area (Å²) in [5, 5.41) is 3.37. The molecule has 1 fully saturated rings. The zero-order valence-electron chi connectivity index (χ0n) is 11.1.